The van der Waals surface area contributed by atoms with Crippen LogP contribution in [0.4, 0.5) is 0 Å². The molecule has 84 valence electrons. The van der Waals surface area contributed by atoms with E-state index in [1.54, 1.807) is 0 Å². The molecule has 0 radical (unpaired) electrons. The highest BCUT2D eigenvalue weighted by Gasteiger charge is 2.18. The van der Waals surface area contributed by atoms with Crippen molar-refractivity contribution in [1.82, 2.24) is 0 Å². The van der Waals surface area contributed by atoms with Gasteiger partial charge in [0.2, 0.25) is 0 Å². The molecule has 0 spiro atoms. The lowest BCUT2D eigenvalue weighted by Crippen LogP contribution is -2.02. The molecule has 17 heavy (non-hydrogen) atoms. The first kappa shape index (κ1) is 10.3. The number of benzene rings is 2. The molecule has 0 fully saturated rings. The Hall–Kier alpha value is -1.82. The fourth-order valence-corrected chi connectivity index (χ4v) is 2.75. The summed E-state index contributed by atoms with van der Waals surface area (Å²) < 4.78 is 0. The molecule has 0 heteroatoms. The van der Waals surface area contributed by atoms with Gasteiger partial charge in [0.05, 0.1) is 0 Å². The molecule has 0 unspecified atom stereocenters. The van der Waals surface area contributed by atoms with Gasteiger partial charge in [-0.25, -0.2) is 0 Å². The molecule has 0 amide bonds. The van der Waals surface area contributed by atoms with Crippen LogP contribution in [0.5, 0.6) is 0 Å². The maximum Gasteiger partial charge on any atom is 0.00985 e. The van der Waals surface area contributed by atoms with Gasteiger partial charge in [-0.3, -0.25) is 0 Å². The summed E-state index contributed by atoms with van der Waals surface area (Å²) in [5, 5.41) is 0. The number of hydrogen-bond donors (Lipinski definition) is 0. The van der Waals surface area contributed by atoms with Crippen molar-refractivity contribution >= 4 is 12.2 Å². The van der Waals surface area contributed by atoms with Gasteiger partial charge in [0.25, 0.3) is 0 Å². The highest BCUT2D eigenvalue weighted by Crippen LogP contribution is 2.36. The molecule has 0 aromatic heterocycles. The van der Waals surface area contributed by atoms with E-state index in [9.17, 15) is 0 Å². The van der Waals surface area contributed by atoms with E-state index in [0.717, 1.165) is 6.42 Å². The molecule has 2 aromatic carbocycles. The second-order valence-electron chi connectivity index (χ2n) is 4.55. The average Bonchev–Trinajstić information content (AvgIpc) is 2.55. The molecular formula is C17H16. The summed E-state index contributed by atoms with van der Waals surface area (Å²) >= 11 is 0. The molecule has 0 nitrogen and oxygen atoms in total. The molecular weight excluding hydrogens is 204 g/mol. The Morgan fingerprint density at radius 3 is 1.71 bits per heavy atom. The summed E-state index contributed by atoms with van der Waals surface area (Å²) in [6, 6.07) is 17.5. The van der Waals surface area contributed by atoms with Crippen LogP contribution >= 0.6 is 0 Å². The van der Waals surface area contributed by atoms with Crippen LogP contribution < -0.4 is 0 Å². The van der Waals surface area contributed by atoms with Crippen molar-refractivity contribution in [2.75, 3.05) is 0 Å². The minimum Gasteiger partial charge on any atom is -0.0645 e. The lowest BCUT2D eigenvalue weighted by atomic mass is 9.86. The first-order valence-corrected chi connectivity index (χ1v) is 6.26. The smallest absolute Gasteiger partial charge is 0.00985 e. The van der Waals surface area contributed by atoms with E-state index in [0.29, 0.717) is 5.92 Å². The van der Waals surface area contributed by atoms with Crippen LogP contribution in [0.15, 0.2) is 48.5 Å². The summed E-state index contributed by atoms with van der Waals surface area (Å²) in [4.78, 5) is 0. The summed E-state index contributed by atoms with van der Waals surface area (Å²) in [6.45, 7) is 2.27. The molecule has 0 bridgehead atoms. The first-order valence-electron chi connectivity index (χ1n) is 6.26. The number of fused-ring (bicyclic) bond motifs is 2. The molecule has 1 aliphatic rings. The third-order valence-electron chi connectivity index (χ3n) is 3.59. The third kappa shape index (κ3) is 1.70. The maximum absolute atomic E-state index is 2.27. The third-order valence-corrected chi connectivity index (χ3v) is 3.59. The van der Waals surface area contributed by atoms with E-state index < -0.39 is 0 Å². The zero-order chi connectivity index (χ0) is 11.7. The fraction of sp³-hybridized carbons (Fsp3) is 0.176. The van der Waals surface area contributed by atoms with Crippen molar-refractivity contribution < 1.29 is 0 Å². The second-order valence-corrected chi connectivity index (χ2v) is 4.55. The van der Waals surface area contributed by atoms with Gasteiger partial charge in [0.1, 0.15) is 0 Å². The minimum atomic E-state index is 0.525. The monoisotopic (exact) mass is 220 g/mol. The van der Waals surface area contributed by atoms with Gasteiger partial charge in [-0.05, 0) is 28.7 Å². The predicted octanol–water partition coefficient (Wildman–Crippen LogP) is 4.71. The largest absolute Gasteiger partial charge is 0.0645 e. The summed E-state index contributed by atoms with van der Waals surface area (Å²) in [5.41, 5.74) is 5.62. The molecule has 0 atom stereocenters. The van der Waals surface area contributed by atoms with Crippen LogP contribution in [0, 0.1) is 0 Å². The molecule has 0 saturated heterocycles. The van der Waals surface area contributed by atoms with Crippen molar-refractivity contribution in [2.24, 2.45) is 0 Å². The molecule has 0 heterocycles. The Morgan fingerprint density at radius 2 is 1.24 bits per heavy atom. The second kappa shape index (κ2) is 4.21. The topological polar surface area (TPSA) is 0 Å². The van der Waals surface area contributed by atoms with Crippen molar-refractivity contribution in [3.05, 3.63) is 70.8 Å². The Bertz CT molecular complexity index is 514. The molecule has 0 saturated carbocycles. The van der Waals surface area contributed by atoms with Gasteiger partial charge in [-0.2, -0.15) is 0 Å². The van der Waals surface area contributed by atoms with E-state index >= 15 is 0 Å². The van der Waals surface area contributed by atoms with Crippen LogP contribution in [0.1, 0.15) is 41.5 Å². The van der Waals surface area contributed by atoms with Gasteiger partial charge >= 0.3 is 0 Å². The van der Waals surface area contributed by atoms with E-state index in [1.807, 2.05) is 0 Å². The molecule has 2 aromatic rings. The number of rotatable bonds is 1. The van der Waals surface area contributed by atoms with Crippen molar-refractivity contribution in [2.45, 2.75) is 19.3 Å². The van der Waals surface area contributed by atoms with Crippen molar-refractivity contribution in [3.63, 3.8) is 0 Å². The van der Waals surface area contributed by atoms with Crippen LogP contribution in [-0.4, -0.2) is 0 Å². The quantitative estimate of drug-likeness (QED) is 0.652. The lowest BCUT2D eigenvalue weighted by molar-refractivity contribution is 0.775. The Balaban J connectivity index is 2.25. The molecule has 1 aliphatic carbocycles. The highest BCUT2D eigenvalue weighted by atomic mass is 14.2. The standard InChI is InChI=1S/C17H16/c1-2-15-16-9-5-3-7-13(16)11-12-14-8-4-6-10-17(14)15/h3-12,15H,2H2,1H3. The SMILES string of the molecule is CCC1c2ccccc2C=Cc2ccccc21. The number of hydrogen-bond acceptors (Lipinski definition) is 0. The van der Waals surface area contributed by atoms with Gasteiger partial charge in [0.15, 0.2) is 0 Å². The zero-order valence-corrected chi connectivity index (χ0v) is 10.1. The summed E-state index contributed by atoms with van der Waals surface area (Å²) in [7, 11) is 0. The van der Waals surface area contributed by atoms with Gasteiger partial charge in [0, 0.05) is 5.92 Å². The Kier molecular flexibility index (Phi) is 2.56. The van der Waals surface area contributed by atoms with Crippen LogP contribution in [0.3, 0.4) is 0 Å². The minimum absolute atomic E-state index is 0.525. The van der Waals surface area contributed by atoms with E-state index in [-0.39, 0.29) is 0 Å². The van der Waals surface area contributed by atoms with Crippen molar-refractivity contribution in [3.8, 4) is 0 Å². The van der Waals surface area contributed by atoms with Crippen LogP contribution in [0.2, 0.25) is 0 Å². The fourth-order valence-electron chi connectivity index (χ4n) is 2.75. The predicted molar refractivity (Wildman–Crippen MR) is 73.9 cm³/mol. The normalized spacial score (nSPS) is 13.9. The Labute approximate surface area is 103 Å². The Morgan fingerprint density at radius 1 is 0.765 bits per heavy atom. The summed E-state index contributed by atoms with van der Waals surface area (Å²) in [5.74, 6) is 0.525. The lowest BCUT2D eigenvalue weighted by Gasteiger charge is -2.18. The van der Waals surface area contributed by atoms with E-state index in [4.69, 9.17) is 0 Å². The zero-order valence-electron chi connectivity index (χ0n) is 10.1. The van der Waals surface area contributed by atoms with E-state index in [1.165, 1.54) is 22.3 Å². The van der Waals surface area contributed by atoms with E-state index in [2.05, 4.69) is 67.6 Å². The highest BCUT2D eigenvalue weighted by molar-refractivity contribution is 5.76. The summed E-state index contributed by atoms with van der Waals surface area (Å²) in [6.07, 6.45) is 5.63. The van der Waals surface area contributed by atoms with Gasteiger partial charge in [-0.1, -0.05) is 67.6 Å². The van der Waals surface area contributed by atoms with Gasteiger partial charge in [-0.15, -0.1) is 0 Å². The molecule has 3 rings (SSSR count). The first-order chi connectivity index (χ1) is 8.40. The maximum atomic E-state index is 2.27. The van der Waals surface area contributed by atoms with Crippen LogP contribution in [0.25, 0.3) is 12.2 Å². The molecule has 0 N–H and O–H groups in total. The molecule has 0 aliphatic heterocycles. The average molecular weight is 220 g/mol. The van der Waals surface area contributed by atoms with Gasteiger partial charge < -0.3 is 0 Å². The van der Waals surface area contributed by atoms with Crippen LogP contribution in [-0.2, 0) is 0 Å². The van der Waals surface area contributed by atoms with Crippen molar-refractivity contribution in [1.29, 1.82) is 0 Å².